The highest BCUT2D eigenvalue weighted by Gasteiger charge is 2.01. The molecule has 2 N–H and O–H groups in total. The summed E-state index contributed by atoms with van der Waals surface area (Å²) in [6, 6.07) is 0. The summed E-state index contributed by atoms with van der Waals surface area (Å²) in [6.45, 7) is 2.00. The van der Waals surface area contributed by atoms with E-state index in [0.29, 0.717) is 0 Å². The summed E-state index contributed by atoms with van der Waals surface area (Å²) in [6.07, 6.45) is -1.07. The molecular formula is C6H10O6. The third-order valence-corrected chi connectivity index (χ3v) is 1.00. The van der Waals surface area contributed by atoms with Crippen molar-refractivity contribution in [3.8, 4) is 0 Å². The van der Waals surface area contributed by atoms with Crippen molar-refractivity contribution in [1.29, 1.82) is 0 Å². The molecule has 0 saturated carbocycles. The van der Waals surface area contributed by atoms with Gasteiger partial charge in [-0.1, -0.05) is 0 Å². The first kappa shape index (κ1) is 10.7. The Bertz CT molecular complexity index is 131. The Morgan fingerprint density at radius 2 is 1.50 bits per heavy atom. The highest BCUT2D eigenvalue weighted by Crippen LogP contribution is 1.98. The molecule has 1 fully saturated rings. The monoisotopic (exact) mass is 178 g/mol. The van der Waals surface area contributed by atoms with Gasteiger partial charge in [-0.3, -0.25) is 0 Å². The second-order valence-electron chi connectivity index (χ2n) is 1.95. The van der Waals surface area contributed by atoms with E-state index in [-0.39, 0.29) is 0 Å². The van der Waals surface area contributed by atoms with Gasteiger partial charge in [0, 0.05) is 13.2 Å². The van der Waals surface area contributed by atoms with Crippen LogP contribution >= 0.6 is 0 Å². The third-order valence-electron chi connectivity index (χ3n) is 1.00. The van der Waals surface area contributed by atoms with Crippen LogP contribution in [0.5, 0.6) is 0 Å². The Kier molecular flexibility index (Phi) is 5.72. The summed E-state index contributed by atoms with van der Waals surface area (Å²) >= 11 is 0. The highest BCUT2D eigenvalue weighted by molar-refractivity contribution is 5.74. The lowest BCUT2D eigenvalue weighted by atomic mass is 10.4. The zero-order chi connectivity index (χ0) is 9.40. The molecule has 0 radical (unpaired) electrons. The largest absolute Gasteiger partial charge is 0.516 e. The molecule has 70 valence electrons. The molecule has 1 heterocycles. The van der Waals surface area contributed by atoms with Crippen molar-refractivity contribution in [1.82, 2.24) is 0 Å². The molecule has 0 bridgehead atoms. The van der Waals surface area contributed by atoms with E-state index in [4.69, 9.17) is 14.9 Å². The minimum absolute atomic E-state index is 1.00. The van der Waals surface area contributed by atoms with Crippen LogP contribution in [0.4, 0.5) is 9.59 Å². The predicted molar refractivity (Wildman–Crippen MR) is 37.2 cm³/mol. The second-order valence-corrected chi connectivity index (χ2v) is 1.95. The first-order valence-corrected chi connectivity index (χ1v) is 3.34. The molecule has 0 aliphatic carbocycles. The van der Waals surface area contributed by atoms with Gasteiger partial charge in [-0.2, -0.15) is 0 Å². The van der Waals surface area contributed by atoms with Gasteiger partial charge in [0.1, 0.15) is 0 Å². The number of hydrogen-bond donors (Lipinski definition) is 2. The van der Waals surface area contributed by atoms with Gasteiger partial charge in [-0.25, -0.2) is 9.59 Å². The molecular weight excluding hydrogens is 168 g/mol. The normalized spacial score (nSPS) is 14.3. The number of rotatable bonds is 0. The lowest BCUT2D eigenvalue weighted by molar-refractivity contribution is 0.0802. The fraction of sp³-hybridized carbons (Fsp3) is 0.667. The van der Waals surface area contributed by atoms with Crippen molar-refractivity contribution in [2.45, 2.75) is 12.8 Å². The molecule has 0 amide bonds. The van der Waals surface area contributed by atoms with Gasteiger partial charge in [0.05, 0.1) is 0 Å². The van der Waals surface area contributed by atoms with Gasteiger partial charge in [0.15, 0.2) is 0 Å². The van der Waals surface area contributed by atoms with Gasteiger partial charge in [0.25, 0.3) is 0 Å². The standard InChI is InChI=1S/C4H8O.C2H2O5/c1-2-4-5-3-1;3-1(4)7-2(5)6/h1-4H2;(H,3,4)(H,5,6). The van der Waals surface area contributed by atoms with Crippen LogP contribution < -0.4 is 0 Å². The van der Waals surface area contributed by atoms with E-state index in [1.54, 1.807) is 0 Å². The van der Waals surface area contributed by atoms with E-state index in [1.807, 2.05) is 0 Å². The molecule has 1 rings (SSSR count). The van der Waals surface area contributed by atoms with E-state index < -0.39 is 12.3 Å². The average Bonchev–Trinajstić information content (AvgIpc) is 2.36. The zero-order valence-corrected chi connectivity index (χ0v) is 6.36. The molecule has 0 unspecified atom stereocenters. The molecule has 1 saturated heterocycles. The number of carboxylic acid groups (broad SMARTS) is 2. The van der Waals surface area contributed by atoms with Crippen molar-refractivity contribution in [3.05, 3.63) is 0 Å². The van der Waals surface area contributed by atoms with Gasteiger partial charge in [-0.15, -0.1) is 0 Å². The highest BCUT2D eigenvalue weighted by atomic mass is 16.7. The van der Waals surface area contributed by atoms with Crippen molar-refractivity contribution in [2.24, 2.45) is 0 Å². The number of hydrogen-bond acceptors (Lipinski definition) is 4. The molecule has 1 aliphatic heterocycles. The first-order valence-electron chi connectivity index (χ1n) is 3.34. The smallest absolute Gasteiger partial charge is 0.449 e. The SMILES string of the molecule is C1CCOC1.O=C(O)OC(=O)O. The van der Waals surface area contributed by atoms with Gasteiger partial charge in [0.2, 0.25) is 0 Å². The topological polar surface area (TPSA) is 93.1 Å². The molecule has 0 atom stereocenters. The summed E-state index contributed by atoms with van der Waals surface area (Å²) in [4.78, 5) is 18.4. The maximum Gasteiger partial charge on any atom is 0.516 e. The number of carbonyl (C=O) groups is 2. The Morgan fingerprint density at radius 1 is 1.08 bits per heavy atom. The summed E-state index contributed by atoms with van der Waals surface area (Å²) in [5, 5.41) is 15.0. The summed E-state index contributed by atoms with van der Waals surface area (Å²) in [5.41, 5.74) is 0. The number of ether oxygens (including phenoxy) is 2. The maximum absolute atomic E-state index is 9.21. The quantitative estimate of drug-likeness (QED) is 0.427. The van der Waals surface area contributed by atoms with Crippen LogP contribution in [0, 0.1) is 0 Å². The molecule has 0 spiro atoms. The lowest BCUT2D eigenvalue weighted by Gasteiger charge is -1.84. The Balaban J connectivity index is 0.000000211. The van der Waals surface area contributed by atoms with E-state index in [9.17, 15) is 9.59 Å². The molecule has 0 aromatic heterocycles. The molecule has 0 aromatic rings. The van der Waals surface area contributed by atoms with Gasteiger partial charge < -0.3 is 19.7 Å². The van der Waals surface area contributed by atoms with Crippen LogP contribution in [0.15, 0.2) is 0 Å². The van der Waals surface area contributed by atoms with Crippen LogP contribution in [0.2, 0.25) is 0 Å². The van der Waals surface area contributed by atoms with Crippen molar-refractivity contribution >= 4 is 12.3 Å². The fourth-order valence-electron chi connectivity index (χ4n) is 0.585. The van der Waals surface area contributed by atoms with Crippen LogP contribution in [-0.4, -0.2) is 35.7 Å². The first-order chi connectivity index (χ1) is 5.63. The molecule has 6 nitrogen and oxygen atoms in total. The predicted octanol–water partition coefficient (Wildman–Crippen LogP) is 1.16. The Morgan fingerprint density at radius 3 is 1.58 bits per heavy atom. The maximum atomic E-state index is 9.21. The van der Waals surface area contributed by atoms with E-state index in [1.165, 1.54) is 12.8 Å². The summed E-state index contributed by atoms with van der Waals surface area (Å²) < 4.78 is 8.03. The Hall–Kier alpha value is -1.30. The minimum Gasteiger partial charge on any atom is -0.449 e. The van der Waals surface area contributed by atoms with E-state index in [2.05, 4.69) is 4.74 Å². The lowest BCUT2D eigenvalue weighted by Crippen LogP contribution is -2.05. The second kappa shape index (κ2) is 6.41. The summed E-state index contributed by atoms with van der Waals surface area (Å²) in [5.74, 6) is 0. The van der Waals surface area contributed by atoms with Crippen LogP contribution in [0.25, 0.3) is 0 Å². The minimum atomic E-state index is -1.81. The van der Waals surface area contributed by atoms with Gasteiger partial charge >= 0.3 is 12.3 Å². The van der Waals surface area contributed by atoms with Crippen molar-refractivity contribution in [3.63, 3.8) is 0 Å². The fourth-order valence-corrected chi connectivity index (χ4v) is 0.585. The average molecular weight is 178 g/mol. The van der Waals surface area contributed by atoms with Crippen LogP contribution in [-0.2, 0) is 9.47 Å². The molecule has 12 heavy (non-hydrogen) atoms. The van der Waals surface area contributed by atoms with E-state index in [0.717, 1.165) is 13.2 Å². The van der Waals surface area contributed by atoms with Crippen molar-refractivity contribution < 1.29 is 29.3 Å². The van der Waals surface area contributed by atoms with Gasteiger partial charge in [-0.05, 0) is 12.8 Å². The zero-order valence-electron chi connectivity index (χ0n) is 6.36. The summed E-state index contributed by atoms with van der Waals surface area (Å²) in [7, 11) is 0. The molecule has 1 aliphatic rings. The molecule has 0 aromatic carbocycles. The van der Waals surface area contributed by atoms with E-state index >= 15 is 0 Å². The van der Waals surface area contributed by atoms with Crippen LogP contribution in [0.3, 0.4) is 0 Å². The van der Waals surface area contributed by atoms with Crippen molar-refractivity contribution in [2.75, 3.05) is 13.2 Å². The third kappa shape index (κ3) is 8.70. The van der Waals surface area contributed by atoms with Crippen LogP contribution in [0.1, 0.15) is 12.8 Å². The molecule has 6 heteroatoms. The Labute approximate surface area is 68.7 Å².